The Morgan fingerprint density at radius 3 is 1.17 bits per heavy atom. The molecule has 0 heterocycles. The first-order chi connectivity index (χ1) is 1.41. The van der Waals surface area contributed by atoms with E-state index in [0.29, 0.717) is 0 Å². The van der Waals surface area contributed by atoms with Gasteiger partial charge in [0.2, 0.25) is 0 Å². The highest BCUT2D eigenvalue weighted by Crippen LogP contribution is 1.49. The lowest BCUT2D eigenvalue weighted by molar-refractivity contribution is 1.48. The third-order valence-electron chi connectivity index (χ3n) is 0. The van der Waals surface area contributed by atoms with Gasteiger partial charge in [0.05, 0.1) is 0 Å². The largest absolute Gasteiger partial charge is 0.147 e. The maximum Gasteiger partial charge on any atom is 0.117 e. The first-order valence-corrected chi connectivity index (χ1v) is 1.93. The lowest BCUT2D eigenvalue weighted by Gasteiger charge is -1.47. The van der Waals surface area contributed by atoms with E-state index in [-0.39, 0.29) is 37.2 Å². The average molecular weight is 165 g/mol. The minimum atomic E-state index is 0. The van der Waals surface area contributed by atoms with Gasteiger partial charge in [-0.25, -0.2) is 0 Å². The molecule has 2 radical (unpaired) electrons. The van der Waals surface area contributed by atoms with Gasteiger partial charge in [-0.1, -0.05) is 6.92 Å². The molecule has 0 aromatic rings. The van der Waals surface area contributed by atoms with Gasteiger partial charge in [-0.3, -0.25) is 0 Å². The summed E-state index contributed by atoms with van der Waals surface area (Å²) in [5, 5.41) is 1.17. The predicted molar refractivity (Wildman–Crippen MR) is 38.0 cm³/mol. The standard InChI is InChI=1S/C2H5.Al.3ClH/c1-2;;;;/h1H2,2H3;;3*1H. The van der Waals surface area contributed by atoms with E-state index in [2.05, 4.69) is 23.2 Å². The molecule has 6 heavy (non-hydrogen) atoms. The van der Waals surface area contributed by atoms with Crippen molar-refractivity contribution in [1.29, 1.82) is 0 Å². The maximum atomic E-state index is 2.58. The van der Waals surface area contributed by atoms with Crippen LogP contribution in [-0.4, -0.2) is 16.3 Å². The Kier molecular flexibility index (Phi) is 141. The molecule has 0 aliphatic heterocycles. The Morgan fingerprint density at radius 1 is 1.17 bits per heavy atom. The van der Waals surface area contributed by atoms with Crippen molar-refractivity contribution >= 4 is 53.5 Å². The highest BCUT2D eigenvalue weighted by atomic mass is 35.5. The van der Waals surface area contributed by atoms with Crippen LogP contribution in [0.5, 0.6) is 0 Å². The molecular formula is C2H8AlCl3. The fraction of sp³-hybridized carbons (Fsp3) is 1.00. The van der Waals surface area contributed by atoms with Crippen LogP contribution in [0.1, 0.15) is 6.92 Å². The molecule has 4 heteroatoms. The fourth-order valence-electron chi connectivity index (χ4n) is 0. The van der Waals surface area contributed by atoms with Crippen LogP contribution >= 0.6 is 37.2 Å². The van der Waals surface area contributed by atoms with Gasteiger partial charge in [0, 0.05) is 0 Å². The van der Waals surface area contributed by atoms with E-state index >= 15 is 0 Å². The minimum Gasteiger partial charge on any atom is -0.147 e. The lowest BCUT2D eigenvalue weighted by atomic mass is 11.0. The van der Waals surface area contributed by atoms with Gasteiger partial charge in [0.25, 0.3) is 0 Å². The first-order valence-electron chi connectivity index (χ1n) is 1.12. The molecule has 0 nitrogen and oxygen atoms in total. The normalized spacial score (nSPS) is 2.83. The molecule has 0 fully saturated rings. The summed E-state index contributed by atoms with van der Waals surface area (Å²) in [4.78, 5) is 0. The molecule has 0 unspecified atom stereocenters. The molecule has 0 amide bonds. The van der Waals surface area contributed by atoms with Crippen molar-refractivity contribution in [2.75, 3.05) is 0 Å². The van der Waals surface area contributed by atoms with Crippen molar-refractivity contribution in [1.82, 2.24) is 0 Å². The molecule has 0 aliphatic rings. The van der Waals surface area contributed by atoms with Gasteiger partial charge < -0.3 is 0 Å². The third-order valence-corrected chi connectivity index (χ3v) is 0. The van der Waals surface area contributed by atoms with Gasteiger partial charge >= 0.3 is 0 Å². The van der Waals surface area contributed by atoms with E-state index in [4.69, 9.17) is 0 Å². The van der Waals surface area contributed by atoms with E-state index in [0.717, 1.165) is 0 Å². The Morgan fingerprint density at radius 2 is 1.17 bits per heavy atom. The number of rotatable bonds is 0. The summed E-state index contributed by atoms with van der Waals surface area (Å²) in [7, 11) is 0. The predicted octanol–water partition coefficient (Wildman–Crippen LogP) is 1.86. The molecule has 0 aliphatic carbocycles. The van der Waals surface area contributed by atoms with Crippen LogP contribution in [0.2, 0.25) is 5.28 Å². The van der Waals surface area contributed by atoms with E-state index in [9.17, 15) is 0 Å². The molecule has 0 bridgehead atoms. The number of hydrogen-bond acceptors (Lipinski definition) is 0. The number of hydrogen-bond donors (Lipinski definition) is 0. The summed E-state index contributed by atoms with van der Waals surface area (Å²) in [6.07, 6.45) is 0. The van der Waals surface area contributed by atoms with E-state index in [1.54, 1.807) is 0 Å². The molecule has 0 aromatic carbocycles. The number of halogens is 3. The van der Waals surface area contributed by atoms with Crippen LogP contribution in [0.25, 0.3) is 0 Å². The molecule has 0 N–H and O–H groups in total. The van der Waals surface area contributed by atoms with Gasteiger partial charge in [0.1, 0.15) is 16.3 Å². The van der Waals surface area contributed by atoms with E-state index in [1.807, 2.05) is 0 Å². The second-order valence-electron chi connectivity index (χ2n) is 0.408. The lowest BCUT2D eigenvalue weighted by Crippen LogP contribution is -1.41. The molecule has 0 saturated heterocycles. The highest BCUT2D eigenvalue weighted by molar-refractivity contribution is 6.08. The Bertz CT molecular complexity index is 8.75. The summed E-state index contributed by atoms with van der Waals surface area (Å²) in [6.45, 7) is 2.09. The Labute approximate surface area is 65.7 Å². The van der Waals surface area contributed by atoms with Crippen LogP contribution in [0.4, 0.5) is 0 Å². The zero-order valence-electron chi connectivity index (χ0n) is 3.51. The summed E-state index contributed by atoms with van der Waals surface area (Å²) in [5.74, 6) is 0. The van der Waals surface area contributed by atoms with E-state index in [1.165, 1.54) is 5.28 Å². The van der Waals surface area contributed by atoms with Crippen molar-refractivity contribution in [2.45, 2.75) is 12.2 Å². The van der Waals surface area contributed by atoms with Gasteiger partial charge in [-0.05, 0) is 0 Å². The summed E-state index contributed by atoms with van der Waals surface area (Å²) >= 11 is 2.58. The van der Waals surface area contributed by atoms with Crippen LogP contribution < -0.4 is 0 Å². The molecule has 0 saturated carbocycles. The van der Waals surface area contributed by atoms with Crippen molar-refractivity contribution < 1.29 is 0 Å². The molecule has 0 aromatic heterocycles. The van der Waals surface area contributed by atoms with Crippen molar-refractivity contribution in [3.05, 3.63) is 0 Å². The molecule has 0 atom stereocenters. The van der Waals surface area contributed by atoms with Crippen LogP contribution in [0.15, 0.2) is 0 Å². The SMILES string of the molecule is C[CH2][Al].Cl.Cl.Cl. The van der Waals surface area contributed by atoms with Crippen molar-refractivity contribution in [3.8, 4) is 0 Å². The van der Waals surface area contributed by atoms with Gasteiger partial charge in [0.15, 0.2) is 0 Å². The highest BCUT2D eigenvalue weighted by Gasteiger charge is 1.37. The zero-order chi connectivity index (χ0) is 2.71. The van der Waals surface area contributed by atoms with Crippen LogP contribution in [0.3, 0.4) is 0 Å². The second-order valence-corrected chi connectivity index (χ2v) is 1.22. The summed E-state index contributed by atoms with van der Waals surface area (Å²) in [5.41, 5.74) is 0. The van der Waals surface area contributed by atoms with E-state index < -0.39 is 0 Å². The molecule has 40 valence electrons. The summed E-state index contributed by atoms with van der Waals surface area (Å²) in [6, 6.07) is 0. The zero-order valence-corrected chi connectivity index (χ0v) is 7.11. The fourth-order valence-corrected chi connectivity index (χ4v) is 0. The maximum absolute atomic E-state index is 2.58. The molecule has 0 rings (SSSR count). The first kappa shape index (κ1) is 26.2. The monoisotopic (exact) mass is 164 g/mol. The Hall–Kier alpha value is 1.40. The Balaban J connectivity index is -0.00000000667. The van der Waals surface area contributed by atoms with Gasteiger partial charge in [-0.15, -0.1) is 42.5 Å². The second kappa shape index (κ2) is 32.4. The van der Waals surface area contributed by atoms with Crippen LogP contribution in [-0.2, 0) is 0 Å². The van der Waals surface area contributed by atoms with Gasteiger partial charge in [-0.2, -0.15) is 0 Å². The summed E-state index contributed by atoms with van der Waals surface area (Å²) < 4.78 is 0. The van der Waals surface area contributed by atoms with Crippen LogP contribution in [0, 0.1) is 0 Å². The smallest absolute Gasteiger partial charge is 0.117 e. The van der Waals surface area contributed by atoms with Crippen molar-refractivity contribution in [2.24, 2.45) is 0 Å². The average Bonchev–Trinajstić information content (AvgIpc) is 0.918. The topological polar surface area (TPSA) is 0 Å². The van der Waals surface area contributed by atoms with Crippen molar-refractivity contribution in [3.63, 3.8) is 0 Å². The molecule has 0 spiro atoms. The third kappa shape index (κ3) is 53.2. The quantitative estimate of drug-likeness (QED) is 0.481. The minimum absolute atomic E-state index is 0. The molecular weight excluding hydrogens is 157 g/mol.